The molecule has 0 aliphatic carbocycles. The quantitative estimate of drug-likeness (QED) is 0.810. The molecule has 1 aliphatic heterocycles. The lowest BCUT2D eigenvalue weighted by Gasteiger charge is -2.21. The van der Waals surface area contributed by atoms with Crippen LogP contribution >= 0.6 is 0 Å². The molecule has 1 aliphatic rings. The summed E-state index contributed by atoms with van der Waals surface area (Å²) in [5.74, 6) is -0.281. The average Bonchev–Trinajstić information content (AvgIpc) is 2.76. The second-order valence-corrected chi connectivity index (χ2v) is 6.73. The van der Waals surface area contributed by atoms with Crippen molar-refractivity contribution >= 4 is 17.8 Å². The van der Waals surface area contributed by atoms with Crippen molar-refractivity contribution < 1.29 is 14.4 Å². The van der Waals surface area contributed by atoms with E-state index in [0.29, 0.717) is 18.9 Å². The summed E-state index contributed by atoms with van der Waals surface area (Å²) in [4.78, 5) is 39.2. The van der Waals surface area contributed by atoms with E-state index in [1.165, 1.54) is 0 Å². The molecule has 0 bridgehead atoms. The van der Waals surface area contributed by atoms with E-state index in [1.807, 2.05) is 45.0 Å². The molecule has 1 unspecified atom stereocenters. The number of hydrogen-bond acceptors (Lipinski definition) is 3. The van der Waals surface area contributed by atoms with Gasteiger partial charge in [-0.15, -0.1) is 0 Å². The fourth-order valence-corrected chi connectivity index (χ4v) is 2.74. The third-order valence-electron chi connectivity index (χ3n) is 4.20. The van der Waals surface area contributed by atoms with E-state index in [-0.39, 0.29) is 18.4 Å². The van der Waals surface area contributed by atoms with Crippen LogP contribution in [0.2, 0.25) is 0 Å². The molecule has 24 heavy (non-hydrogen) atoms. The molecule has 0 saturated carbocycles. The maximum atomic E-state index is 12.4. The molecule has 2 rings (SSSR count). The number of nitrogens with zero attached hydrogens (tertiary/aromatic N) is 2. The number of amides is 4. The number of carbonyl (C=O) groups is 3. The zero-order valence-electron chi connectivity index (χ0n) is 14.7. The van der Waals surface area contributed by atoms with E-state index in [2.05, 4.69) is 5.32 Å². The standard InChI is InChI=1S/C18H25N3O3/c1-12(2)9-15-17(23)21(18(24)19-15)11-16(22)20(4)10-14-8-6-5-7-13(14)3/h5-8,12,15H,9-11H2,1-4H3,(H,19,24). The summed E-state index contributed by atoms with van der Waals surface area (Å²) in [6, 6.07) is 6.82. The smallest absolute Gasteiger partial charge is 0.325 e. The Kier molecular flexibility index (Phi) is 5.59. The van der Waals surface area contributed by atoms with Crippen molar-refractivity contribution in [3.63, 3.8) is 0 Å². The third-order valence-corrected chi connectivity index (χ3v) is 4.20. The summed E-state index contributed by atoms with van der Waals surface area (Å²) in [5, 5.41) is 2.65. The predicted octanol–water partition coefficient (Wildman–Crippen LogP) is 1.92. The first kappa shape index (κ1) is 18.0. The number of benzene rings is 1. The van der Waals surface area contributed by atoms with E-state index in [0.717, 1.165) is 16.0 Å². The number of carbonyl (C=O) groups excluding carboxylic acids is 3. The molecule has 4 amide bonds. The Labute approximate surface area is 142 Å². The molecule has 0 radical (unpaired) electrons. The van der Waals surface area contributed by atoms with Crippen LogP contribution in [-0.4, -0.2) is 47.3 Å². The maximum absolute atomic E-state index is 12.4. The minimum absolute atomic E-state index is 0.221. The lowest BCUT2D eigenvalue weighted by Crippen LogP contribution is -2.41. The van der Waals surface area contributed by atoms with Crippen molar-refractivity contribution in [1.82, 2.24) is 15.1 Å². The highest BCUT2D eigenvalue weighted by molar-refractivity contribution is 6.06. The van der Waals surface area contributed by atoms with Crippen molar-refractivity contribution in [3.8, 4) is 0 Å². The number of hydrogen-bond donors (Lipinski definition) is 1. The number of imide groups is 1. The van der Waals surface area contributed by atoms with Gasteiger partial charge in [-0.1, -0.05) is 38.1 Å². The SMILES string of the molecule is Cc1ccccc1CN(C)C(=O)CN1C(=O)NC(CC(C)C)C1=O. The van der Waals surface area contributed by atoms with Crippen LogP contribution in [0, 0.1) is 12.8 Å². The van der Waals surface area contributed by atoms with Gasteiger partial charge in [-0.25, -0.2) is 4.79 Å². The molecule has 1 fully saturated rings. The number of likely N-dealkylation sites (N-methyl/N-ethyl adjacent to an activating group) is 1. The van der Waals surface area contributed by atoms with Crippen LogP contribution in [0.25, 0.3) is 0 Å². The van der Waals surface area contributed by atoms with E-state index in [1.54, 1.807) is 11.9 Å². The van der Waals surface area contributed by atoms with Crippen LogP contribution in [0.5, 0.6) is 0 Å². The number of urea groups is 1. The molecule has 6 heteroatoms. The second-order valence-electron chi connectivity index (χ2n) is 6.73. The normalized spacial score (nSPS) is 17.4. The number of aryl methyl sites for hydroxylation is 1. The summed E-state index contributed by atoms with van der Waals surface area (Å²) in [7, 11) is 1.68. The summed E-state index contributed by atoms with van der Waals surface area (Å²) in [6.07, 6.45) is 0.578. The van der Waals surface area contributed by atoms with Crippen LogP contribution in [0.4, 0.5) is 4.79 Å². The van der Waals surface area contributed by atoms with Gasteiger partial charge in [-0.2, -0.15) is 0 Å². The lowest BCUT2D eigenvalue weighted by atomic mass is 10.0. The fourth-order valence-electron chi connectivity index (χ4n) is 2.74. The van der Waals surface area contributed by atoms with Gasteiger partial charge in [0, 0.05) is 13.6 Å². The minimum Gasteiger partial charge on any atom is -0.340 e. The highest BCUT2D eigenvalue weighted by Crippen LogP contribution is 2.15. The highest BCUT2D eigenvalue weighted by atomic mass is 16.2. The predicted molar refractivity (Wildman–Crippen MR) is 91.1 cm³/mol. The van der Waals surface area contributed by atoms with E-state index in [4.69, 9.17) is 0 Å². The van der Waals surface area contributed by atoms with Gasteiger partial charge in [0.1, 0.15) is 12.6 Å². The molecule has 1 aromatic rings. The van der Waals surface area contributed by atoms with Crippen molar-refractivity contribution in [2.24, 2.45) is 5.92 Å². The molecule has 1 atom stereocenters. The average molecular weight is 331 g/mol. The molecule has 6 nitrogen and oxygen atoms in total. The fraction of sp³-hybridized carbons (Fsp3) is 0.500. The first-order valence-corrected chi connectivity index (χ1v) is 8.20. The van der Waals surface area contributed by atoms with Gasteiger partial charge in [-0.3, -0.25) is 14.5 Å². The van der Waals surface area contributed by atoms with Crippen LogP contribution in [0.15, 0.2) is 24.3 Å². The summed E-state index contributed by atoms with van der Waals surface area (Å²) in [6.45, 7) is 6.19. The van der Waals surface area contributed by atoms with Gasteiger partial charge < -0.3 is 10.2 Å². The van der Waals surface area contributed by atoms with Crippen LogP contribution < -0.4 is 5.32 Å². The topological polar surface area (TPSA) is 69.7 Å². The van der Waals surface area contributed by atoms with Crippen LogP contribution in [0.1, 0.15) is 31.4 Å². The molecule has 130 valence electrons. The molecule has 0 spiro atoms. The van der Waals surface area contributed by atoms with Crippen molar-refractivity contribution in [3.05, 3.63) is 35.4 Å². The first-order valence-electron chi connectivity index (χ1n) is 8.20. The van der Waals surface area contributed by atoms with Gasteiger partial charge >= 0.3 is 6.03 Å². The van der Waals surface area contributed by atoms with E-state index < -0.39 is 12.1 Å². The summed E-state index contributed by atoms with van der Waals surface area (Å²) in [5.41, 5.74) is 2.15. The molecule has 1 saturated heterocycles. The summed E-state index contributed by atoms with van der Waals surface area (Å²) < 4.78 is 0. The first-order chi connectivity index (χ1) is 11.3. The Morgan fingerprint density at radius 1 is 1.29 bits per heavy atom. The van der Waals surface area contributed by atoms with Gasteiger partial charge in [0.15, 0.2) is 0 Å². The molecular weight excluding hydrogens is 306 g/mol. The minimum atomic E-state index is -0.521. The summed E-state index contributed by atoms with van der Waals surface area (Å²) >= 11 is 0. The Hall–Kier alpha value is -2.37. The third kappa shape index (κ3) is 4.13. The zero-order valence-corrected chi connectivity index (χ0v) is 14.7. The molecular formula is C18H25N3O3. The van der Waals surface area contributed by atoms with Gasteiger partial charge in [0.05, 0.1) is 0 Å². The Morgan fingerprint density at radius 3 is 2.58 bits per heavy atom. The molecule has 1 N–H and O–H groups in total. The Bertz CT molecular complexity index is 642. The van der Waals surface area contributed by atoms with Gasteiger partial charge in [-0.05, 0) is 30.4 Å². The van der Waals surface area contributed by atoms with Crippen molar-refractivity contribution in [1.29, 1.82) is 0 Å². The van der Waals surface area contributed by atoms with E-state index >= 15 is 0 Å². The van der Waals surface area contributed by atoms with Crippen LogP contribution in [-0.2, 0) is 16.1 Å². The molecule has 1 heterocycles. The van der Waals surface area contributed by atoms with Gasteiger partial charge in [0.2, 0.25) is 5.91 Å². The highest BCUT2D eigenvalue weighted by Gasteiger charge is 2.39. The maximum Gasteiger partial charge on any atom is 0.325 e. The number of rotatable bonds is 6. The molecule has 1 aromatic carbocycles. The number of nitrogens with one attached hydrogen (secondary N) is 1. The Morgan fingerprint density at radius 2 is 1.96 bits per heavy atom. The van der Waals surface area contributed by atoms with Gasteiger partial charge in [0.25, 0.3) is 5.91 Å². The monoisotopic (exact) mass is 331 g/mol. The second kappa shape index (κ2) is 7.47. The van der Waals surface area contributed by atoms with Crippen molar-refractivity contribution in [2.75, 3.05) is 13.6 Å². The Balaban J connectivity index is 1.97. The van der Waals surface area contributed by atoms with Crippen molar-refractivity contribution in [2.45, 2.75) is 39.8 Å². The lowest BCUT2D eigenvalue weighted by molar-refractivity contribution is -0.137. The molecule has 0 aromatic heterocycles. The zero-order chi connectivity index (χ0) is 17.9. The largest absolute Gasteiger partial charge is 0.340 e. The van der Waals surface area contributed by atoms with E-state index in [9.17, 15) is 14.4 Å². The van der Waals surface area contributed by atoms with Crippen LogP contribution in [0.3, 0.4) is 0 Å².